The molecule has 0 bridgehead atoms. The molecule has 3 aromatic rings. The standard InChI is InChI=1S/C20H18ClF2N3O2S2/c21-16-3-1-2-4-19(16)30(27,28)26-9-7-25(8-10-26)20-24-15(13-29-20)11-14-5-6-17(22)18(23)12-14/h1-6,12-13H,7-11H2. The van der Waals surface area contributed by atoms with E-state index in [0.717, 1.165) is 16.9 Å². The van der Waals surface area contributed by atoms with Gasteiger partial charge in [0.15, 0.2) is 16.8 Å². The number of nitrogens with zero attached hydrogens (tertiary/aromatic N) is 3. The third-order valence-electron chi connectivity index (χ3n) is 4.87. The summed E-state index contributed by atoms with van der Waals surface area (Å²) in [6, 6.07) is 10.2. The normalized spacial score (nSPS) is 15.5. The van der Waals surface area contributed by atoms with Crippen LogP contribution in [0, 0.1) is 11.6 Å². The van der Waals surface area contributed by atoms with Crippen molar-refractivity contribution in [1.82, 2.24) is 9.29 Å². The highest BCUT2D eigenvalue weighted by atomic mass is 35.5. The highest BCUT2D eigenvalue weighted by Crippen LogP contribution is 2.28. The molecule has 0 N–H and O–H groups in total. The SMILES string of the molecule is O=S(=O)(c1ccccc1Cl)N1CCN(c2nc(Cc3ccc(F)c(F)c3)cs2)CC1. The van der Waals surface area contributed by atoms with E-state index in [2.05, 4.69) is 4.98 Å². The Morgan fingerprint density at radius 1 is 1.03 bits per heavy atom. The quantitative estimate of drug-likeness (QED) is 0.562. The summed E-state index contributed by atoms with van der Waals surface area (Å²) in [6.45, 7) is 1.65. The Kier molecular flexibility index (Phi) is 6.06. The van der Waals surface area contributed by atoms with Crippen molar-refractivity contribution in [3.05, 3.63) is 75.8 Å². The second kappa shape index (κ2) is 8.58. The van der Waals surface area contributed by atoms with Crippen molar-refractivity contribution in [3.8, 4) is 0 Å². The van der Waals surface area contributed by atoms with E-state index >= 15 is 0 Å². The lowest BCUT2D eigenvalue weighted by molar-refractivity contribution is 0.384. The van der Waals surface area contributed by atoms with E-state index in [1.165, 1.54) is 33.8 Å². The van der Waals surface area contributed by atoms with Gasteiger partial charge in [0.2, 0.25) is 10.0 Å². The summed E-state index contributed by atoms with van der Waals surface area (Å²) in [5, 5.41) is 2.87. The van der Waals surface area contributed by atoms with Gasteiger partial charge in [-0.15, -0.1) is 11.3 Å². The maximum atomic E-state index is 13.4. The first-order chi connectivity index (χ1) is 14.3. The minimum absolute atomic E-state index is 0.114. The van der Waals surface area contributed by atoms with Gasteiger partial charge in [-0.25, -0.2) is 22.2 Å². The lowest BCUT2D eigenvalue weighted by Gasteiger charge is -2.33. The van der Waals surface area contributed by atoms with Gasteiger partial charge in [0, 0.05) is 38.0 Å². The van der Waals surface area contributed by atoms with Crippen molar-refractivity contribution in [1.29, 1.82) is 0 Å². The summed E-state index contributed by atoms with van der Waals surface area (Å²) in [6.07, 6.45) is 0.397. The summed E-state index contributed by atoms with van der Waals surface area (Å²) in [5.74, 6) is -1.75. The molecule has 0 aliphatic carbocycles. The molecule has 0 radical (unpaired) electrons. The first-order valence-corrected chi connectivity index (χ1v) is 11.9. The van der Waals surface area contributed by atoms with Crippen molar-refractivity contribution < 1.29 is 17.2 Å². The Bertz CT molecular complexity index is 1160. The number of aromatic nitrogens is 1. The smallest absolute Gasteiger partial charge is 0.244 e. The van der Waals surface area contributed by atoms with Gasteiger partial charge in [0.1, 0.15) is 4.90 Å². The molecule has 1 aromatic heterocycles. The molecule has 0 atom stereocenters. The van der Waals surface area contributed by atoms with Crippen LogP contribution in [0.1, 0.15) is 11.3 Å². The van der Waals surface area contributed by atoms with E-state index in [1.54, 1.807) is 18.2 Å². The van der Waals surface area contributed by atoms with Crippen LogP contribution in [0.4, 0.5) is 13.9 Å². The molecule has 0 amide bonds. The lowest BCUT2D eigenvalue weighted by atomic mass is 10.1. The number of benzene rings is 2. The Balaban J connectivity index is 1.41. The van der Waals surface area contributed by atoms with Crippen LogP contribution in [0.15, 0.2) is 52.7 Å². The number of hydrogen-bond acceptors (Lipinski definition) is 5. The Hall–Kier alpha value is -2.07. The molecule has 2 heterocycles. The van der Waals surface area contributed by atoms with Gasteiger partial charge in [0.25, 0.3) is 0 Å². The van der Waals surface area contributed by atoms with E-state index in [0.29, 0.717) is 38.2 Å². The molecule has 1 saturated heterocycles. The van der Waals surface area contributed by atoms with Gasteiger partial charge >= 0.3 is 0 Å². The van der Waals surface area contributed by atoms with Gasteiger partial charge in [-0.2, -0.15) is 4.31 Å². The zero-order valence-electron chi connectivity index (χ0n) is 15.8. The van der Waals surface area contributed by atoms with Gasteiger partial charge in [-0.3, -0.25) is 0 Å². The third kappa shape index (κ3) is 4.34. The van der Waals surface area contributed by atoms with Gasteiger partial charge < -0.3 is 4.90 Å². The van der Waals surface area contributed by atoms with Crippen molar-refractivity contribution in [2.24, 2.45) is 0 Å². The highest BCUT2D eigenvalue weighted by Gasteiger charge is 2.30. The summed E-state index contributed by atoms with van der Waals surface area (Å²) >= 11 is 7.52. The second-order valence-electron chi connectivity index (χ2n) is 6.87. The molecule has 1 aliphatic rings. The van der Waals surface area contributed by atoms with Crippen LogP contribution in [0.5, 0.6) is 0 Å². The van der Waals surface area contributed by atoms with E-state index in [9.17, 15) is 17.2 Å². The minimum atomic E-state index is -3.65. The van der Waals surface area contributed by atoms with E-state index in [-0.39, 0.29) is 9.92 Å². The molecule has 10 heteroatoms. The Morgan fingerprint density at radius 3 is 2.47 bits per heavy atom. The van der Waals surface area contributed by atoms with Crippen molar-refractivity contribution >= 4 is 38.1 Å². The molecular weight excluding hydrogens is 452 g/mol. The molecular formula is C20H18ClF2N3O2S2. The molecule has 5 nitrogen and oxygen atoms in total. The maximum absolute atomic E-state index is 13.4. The predicted molar refractivity (Wildman–Crippen MR) is 114 cm³/mol. The summed E-state index contributed by atoms with van der Waals surface area (Å²) in [4.78, 5) is 6.72. The number of anilines is 1. The fraction of sp³-hybridized carbons (Fsp3) is 0.250. The average molecular weight is 470 g/mol. The third-order valence-corrected chi connectivity index (χ3v) is 8.22. The number of halogens is 3. The summed E-state index contributed by atoms with van der Waals surface area (Å²) in [5.41, 5.74) is 1.40. The minimum Gasteiger partial charge on any atom is -0.345 e. The second-order valence-corrected chi connectivity index (χ2v) is 10.0. The fourth-order valence-electron chi connectivity index (χ4n) is 3.29. The maximum Gasteiger partial charge on any atom is 0.244 e. The van der Waals surface area contributed by atoms with E-state index < -0.39 is 21.7 Å². The van der Waals surface area contributed by atoms with E-state index in [4.69, 9.17) is 11.6 Å². The van der Waals surface area contributed by atoms with E-state index in [1.807, 2.05) is 10.3 Å². The first kappa shape index (κ1) is 21.2. The Morgan fingerprint density at radius 2 is 1.77 bits per heavy atom. The highest BCUT2D eigenvalue weighted by molar-refractivity contribution is 7.89. The van der Waals surface area contributed by atoms with Gasteiger partial charge in [-0.05, 0) is 29.8 Å². The molecule has 1 aliphatic heterocycles. The number of thiazole rings is 1. The Labute approximate surface area is 182 Å². The van der Waals surface area contributed by atoms with Crippen LogP contribution in [-0.4, -0.2) is 43.9 Å². The molecule has 0 saturated carbocycles. The molecule has 4 rings (SSSR count). The topological polar surface area (TPSA) is 53.5 Å². The van der Waals surface area contributed by atoms with Crippen LogP contribution < -0.4 is 4.90 Å². The number of sulfonamides is 1. The molecule has 0 unspecified atom stereocenters. The zero-order chi connectivity index (χ0) is 21.3. The molecule has 0 spiro atoms. The average Bonchev–Trinajstić information content (AvgIpc) is 3.19. The number of hydrogen-bond donors (Lipinski definition) is 0. The molecule has 30 heavy (non-hydrogen) atoms. The fourth-order valence-corrected chi connectivity index (χ4v) is 6.09. The molecule has 2 aromatic carbocycles. The summed E-state index contributed by atoms with van der Waals surface area (Å²) in [7, 11) is -3.65. The van der Waals surface area contributed by atoms with Gasteiger partial charge in [-0.1, -0.05) is 29.8 Å². The van der Waals surface area contributed by atoms with Crippen LogP contribution in [0.2, 0.25) is 5.02 Å². The number of piperazine rings is 1. The van der Waals surface area contributed by atoms with Crippen molar-refractivity contribution in [2.45, 2.75) is 11.3 Å². The van der Waals surface area contributed by atoms with Crippen LogP contribution in [0.25, 0.3) is 0 Å². The summed E-state index contributed by atoms with van der Waals surface area (Å²) < 4.78 is 53.6. The largest absolute Gasteiger partial charge is 0.345 e. The van der Waals surface area contributed by atoms with Crippen LogP contribution >= 0.6 is 22.9 Å². The van der Waals surface area contributed by atoms with Crippen molar-refractivity contribution in [3.63, 3.8) is 0 Å². The van der Waals surface area contributed by atoms with Crippen LogP contribution in [-0.2, 0) is 16.4 Å². The first-order valence-electron chi connectivity index (χ1n) is 9.22. The molecule has 158 valence electrons. The van der Waals surface area contributed by atoms with Crippen LogP contribution in [0.3, 0.4) is 0 Å². The molecule has 1 fully saturated rings. The zero-order valence-corrected chi connectivity index (χ0v) is 18.2. The predicted octanol–water partition coefficient (Wildman–Crippen LogP) is 4.18. The van der Waals surface area contributed by atoms with Gasteiger partial charge in [0.05, 0.1) is 10.7 Å². The lowest BCUT2D eigenvalue weighted by Crippen LogP contribution is -2.48. The number of rotatable bonds is 5. The monoisotopic (exact) mass is 469 g/mol. The van der Waals surface area contributed by atoms with Crippen molar-refractivity contribution in [2.75, 3.05) is 31.1 Å².